The number of rotatable bonds is 2. The Morgan fingerprint density at radius 2 is 2.06 bits per heavy atom. The Balaban J connectivity index is 0.00000128. The zero-order chi connectivity index (χ0) is 10.8. The van der Waals surface area contributed by atoms with E-state index in [9.17, 15) is 0 Å². The van der Waals surface area contributed by atoms with E-state index in [2.05, 4.69) is 36.0 Å². The molecule has 0 saturated carbocycles. The molecule has 1 saturated heterocycles. The molecule has 3 nitrogen and oxygen atoms in total. The number of nitrogens with zero attached hydrogens (tertiary/aromatic N) is 2. The number of halogens is 1. The van der Waals surface area contributed by atoms with E-state index in [1.165, 1.54) is 10.6 Å². The monoisotopic (exact) mass is 261 g/mol. The zero-order valence-corrected chi connectivity index (χ0v) is 11.7. The van der Waals surface area contributed by atoms with Crippen molar-refractivity contribution in [2.45, 2.75) is 39.4 Å². The van der Waals surface area contributed by atoms with Crippen molar-refractivity contribution in [3.05, 3.63) is 16.1 Å². The minimum atomic E-state index is 0. The second-order valence-corrected chi connectivity index (χ2v) is 5.46. The van der Waals surface area contributed by atoms with Gasteiger partial charge in [-0.25, -0.2) is 4.98 Å². The van der Waals surface area contributed by atoms with E-state index in [1.54, 1.807) is 11.3 Å². The highest BCUT2D eigenvalue weighted by molar-refractivity contribution is 7.09. The van der Waals surface area contributed by atoms with Crippen LogP contribution in [0.5, 0.6) is 0 Å². The summed E-state index contributed by atoms with van der Waals surface area (Å²) >= 11 is 1.77. The number of aromatic nitrogens is 1. The highest BCUT2D eigenvalue weighted by Gasteiger charge is 2.21. The molecule has 0 radical (unpaired) electrons. The summed E-state index contributed by atoms with van der Waals surface area (Å²) in [5, 5.41) is 3.55. The lowest BCUT2D eigenvalue weighted by molar-refractivity contribution is 0.167. The van der Waals surface area contributed by atoms with Gasteiger partial charge in [-0.2, -0.15) is 0 Å². The van der Waals surface area contributed by atoms with E-state index >= 15 is 0 Å². The molecule has 1 aliphatic heterocycles. The second kappa shape index (κ2) is 5.96. The smallest absolute Gasteiger partial charge is 0.0798 e. The summed E-state index contributed by atoms with van der Waals surface area (Å²) in [6.07, 6.45) is 0. The number of hydrogen-bond acceptors (Lipinski definition) is 4. The summed E-state index contributed by atoms with van der Waals surface area (Å²) < 4.78 is 0. The van der Waals surface area contributed by atoms with Gasteiger partial charge >= 0.3 is 0 Å². The third kappa shape index (κ3) is 3.42. The first kappa shape index (κ1) is 13.9. The summed E-state index contributed by atoms with van der Waals surface area (Å²) in [6.45, 7) is 9.95. The lowest BCUT2D eigenvalue weighted by Crippen LogP contribution is -2.53. The van der Waals surface area contributed by atoms with Gasteiger partial charge in [0, 0.05) is 36.6 Å². The maximum absolute atomic E-state index is 4.30. The van der Waals surface area contributed by atoms with E-state index in [0.29, 0.717) is 12.1 Å². The molecule has 92 valence electrons. The molecule has 2 atom stereocenters. The van der Waals surface area contributed by atoms with E-state index in [-0.39, 0.29) is 12.4 Å². The summed E-state index contributed by atoms with van der Waals surface area (Å²) in [7, 11) is 0. The number of hydrogen-bond donors (Lipinski definition) is 1. The lowest BCUT2D eigenvalue weighted by atomic mass is 10.1. The topological polar surface area (TPSA) is 28.2 Å². The fourth-order valence-corrected chi connectivity index (χ4v) is 3.07. The fraction of sp³-hybridized carbons (Fsp3) is 0.727. The fourth-order valence-electron chi connectivity index (χ4n) is 2.25. The van der Waals surface area contributed by atoms with Gasteiger partial charge in [0.1, 0.15) is 0 Å². The van der Waals surface area contributed by atoms with Crippen molar-refractivity contribution in [1.82, 2.24) is 15.2 Å². The van der Waals surface area contributed by atoms with E-state index in [1.807, 2.05) is 5.51 Å². The van der Waals surface area contributed by atoms with E-state index in [0.717, 1.165) is 19.6 Å². The number of thiazole rings is 1. The standard InChI is InChI=1S/C11H19N3S.ClH/c1-8-4-14(5-9(2)13-8)6-11-10(3)12-7-15-11;/h7-9,13H,4-6H2,1-3H3;1H. The predicted molar refractivity (Wildman–Crippen MR) is 71.4 cm³/mol. The lowest BCUT2D eigenvalue weighted by Gasteiger charge is -2.35. The zero-order valence-electron chi connectivity index (χ0n) is 10.1. The average Bonchev–Trinajstić information content (AvgIpc) is 2.50. The average molecular weight is 262 g/mol. The third-order valence-corrected chi connectivity index (χ3v) is 3.77. The molecular formula is C11H20ClN3S. The van der Waals surface area contributed by atoms with Crippen LogP contribution in [-0.4, -0.2) is 35.1 Å². The van der Waals surface area contributed by atoms with Crippen molar-refractivity contribution in [2.24, 2.45) is 0 Å². The van der Waals surface area contributed by atoms with Crippen LogP contribution in [0.4, 0.5) is 0 Å². The normalized spacial score (nSPS) is 26.4. The van der Waals surface area contributed by atoms with Crippen LogP contribution in [0.25, 0.3) is 0 Å². The summed E-state index contributed by atoms with van der Waals surface area (Å²) in [5.41, 5.74) is 3.14. The minimum absolute atomic E-state index is 0. The van der Waals surface area contributed by atoms with Crippen LogP contribution < -0.4 is 5.32 Å². The maximum atomic E-state index is 4.30. The summed E-state index contributed by atoms with van der Waals surface area (Å²) in [6, 6.07) is 1.20. The second-order valence-electron chi connectivity index (χ2n) is 4.52. The van der Waals surface area contributed by atoms with Gasteiger partial charge in [-0.1, -0.05) is 0 Å². The molecule has 1 N–H and O–H groups in total. The molecule has 0 amide bonds. The Labute approximate surface area is 108 Å². The molecule has 1 aromatic heterocycles. The first-order valence-electron chi connectivity index (χ1n) is 5.52. The highest BCUT2D eigenvalue weighted by atomic mass is 35.5. The van der Waals surface area contributed by atoms with Gasteiger partial charge in [0.05, 0.1) is 11.2 Å². The summed E-state index contributed by atoms with van der Waals surface area (Å²) in [4.78, 5) is 8.23. The Morgan fingerprint density at radius 1 is 1.44 bits per heavy atom. The Morgan fingerprint density at radius 3 is 2.56 bits per heavy atom. The molecule has 2 unspecified atom stereocenters. The van der Waals surface area contributed by atoms with Gasteiger partial charge in [0.2, 0.25) is 0 Å². The molecule has 0 bridgehead atoms. The Bertz CT molecular complexity index is 319. The van der Waals surface area contributed by atoms with Crippen molar-refractivity contribution < 1.29 is 0 Å². The van der Waals surface area contributed by atoms with Gasteiger partial charge in [-0.3, -0.25) is 4.90 Å². The SMILES string of the molecule is Cc1ncsc1CN1CC(C)NC(C)C1.Cl. The minimum Gasteiger partial charge on any atom is -0.309 e. The molecule has 0 spiro atoms. The largest absolute Gasteiger partial charge is 0.309 e. The maximum Gasteiger partial charge on any atom is 0.0798 e. The van der Waals surface area contributed by atoms with Crippen LogP contribution in [-0.2, 0) is 6.54 Å². The van der Waals surface area contributed by atoms with Crippen LogP contribution in [0.3, 0.4) is 0 Å². The quantitative estimate of drug-likeness (QED) is 0.883. The molecule has 2 rings (SSSR count). The van der Waals surface area contributed by atoms with Crippen LogP contribution >= 0.6 is 23.7 Å². The van der Waals surface area contributed by atoms with Crippen molar-refractivity contribution >= 4 is 23.7 Å². The van der Waals surface area contributed by atoms with Crippen molar-refractivity contribution in [3.8, 4) is 0 Å². The highest BCUT2D eigenvalue weighted by Crippen LogP contribution is 2.16. The number of piperazine rings is 1. The van der Waals surface area contributed by atoms with Crippen LogP contribution in [0.1, 0.15) is 24.4 Å². The third-order valence-electron chi connectivity index (χ3n) is 2.85. The molecule has 16 heavy (non-hydrogen) atoms. The number of nitrogens with one attached hydrogen (secondary N) is 1. The predicted octanol–water partition coefficient (Wildman–Crippen LogP) is 2.06. The molecule has 0 aliphatic carbocycles. The molecule has 0 aromatic carbocycles. The summed E-state index contributed by atoms with van der Waals surface area (Å²) in [5.74, 6) is 0. The van der Waals surface area contributed by atoms with E-state index in [4.69, 9.17) is 0 Å². The first-order chi connectivity index (χ1) is 7.15. The molecule has 1 aliphatic rings. The van der Waals surface area contributed by atoms with Gasteiger partial charge in [0.15, 0.2) is 0 Å². The first-order valence-corrected chi connectivity index (χ1v) is 6.40. The van der Waals surface area contributed by atoms with Crippen LogP contribution in [0.15, 0.2) is 5.51 Å². The van der Waals surface area contributed by atoms with Gasteiger partial charge in [0.25, 0.3) is 0 Å². The van der Waals surface area contributed by atoms with E-state index < -0.39 is 0 Å². The van der Waals surface area contributed by atoms with Gasteiger partial charge in [-0.05, 0) is 20.8 Å². The van der Waals surface area contributed by atoms with Crippen molar-refractivity contribution in [2.75, 3.05) is 13.1 Å². The molecule has 1 aromatic rings. The number of aryl methyl sites for hydroxylation is 1. The molecule has 5 heteroatoms. The van der Waals surface area contributed by atoms with Crippen LogP contribution in [0.2, 0.25) is 0 Å². The van der Waals surface area contributed by atoms with Crippen molar-refractivity contribution in [3.63, 3.8) is 0 Å². The van der Waals surface area contributed by atoms with Gasteiger partial charge < -0.3 is 5.32 Å². The Kier molecular flexibility index (Phi) is 5.18. The van der Waals surface area contributed by atoms with Crippen molar-refractivity contribution in [1.29, 1.82) is 0 Å². The molecule has 2 heterocycles. The van der Waals surface area contributed by atoms with Crippen LogP contribution in [0, 0.1) is 6.92 Å². The Hall–Kier alpha value is -0.160. The molecule has 1 fully saturated rings. The molecular weight excluding hydrogens is 242 g/mol. The van der Waals surface area contributed by atoms with Gasteiger partial charge in [-0.15, -0.1) is 23.7 Å².